The molecule has 5 heteroatoms. The predicted molar refractivity (Wildman–Crippen MR) is 49.9 cm³/mol. The largest absolute Gasteiger partial charge is 0.418 e. The van der Waals surface area contributed by atoms with E-state index in [0.29, 0.717) is 10.0 Å². The maximum atomic E-state index is 12.2. The third-order valence-corrected chi connectivity index (χ3v) is 2.33. The van der Waals surface area contributed by atoms with Crippen LogP contribution < -0.4 is 0 Å². The fourth-order valence-electron chi connectivity index (χ4n) is 1.12. The molecule has 0 aliphatic rings. The van der Waals surface area contributed by atoms with Gasteiger partial charge in [0.25, 0.3) is 0 Å². The number of aliphatic hydroxyl groups excluding tert-OH is 1. The minimum absolute atomic E-state index is 0.110. The van der Waals surface area contributed by atoms with Crippen LogP contribution in [0.3, 0.4) is 0 Å². The molecule has 0 saturated heterocycles. The molecule has 0 heterocycles. The Morgan fingerprint density at radius 2 is 1.93 bits per heavy atom. The lowest BCUT2D eigenvalue weighted by Crippen LogP contribution is -2.20. The van der Waals surface area contributed by atoms with Crippen molar-refractivity contribution in [2.24, 2.45) is 0 Å². The number of rotatable bonds is 1. The normalized spacial score (nSPS) is 14.1. The first-order valence-electron chi connectivity index (χ1n) is 3.83. The maximum absolute atomic E-state index is 12.2. The molecule has 14 heavy (non-hydrogen) atoms. The molecule has 0 aromatic heterocycles. The molecular weight excluding hydrogens is 261 g/mol. The third kappa shape index (κ3) is 2.48. The van der Waals surface area contributed by atoms with Crippen LogP contribution in [0.4, 0.5) is 13.2 Å². The molecule has 1 aromatic rings. The first-order chi connectivity index (χ1) is 6.32. The van der Waals surface area contributed by atoms with Crippen molar-refractivity contribution in [2.75, 3.05) is 0 Å². The number of alkyl halides is 3. The number of halogens is 4. The fourth-order valence-corrected chi connectivity index (χ4v) is 1.60. The quantitative estimate of drug-likeness (QED) is 0.828. The van der Waals surface area contributed by atoms with Gasteiger partial charge in [0, 0.05) is 4.47 Å². The van der Waals surface area contributed by atoms with E-state index in [1.807, 2.05) is 0 Å². The van der Waals surface area contributed by atoms with Crippen molar-refractivity contribution in [1.29, 1.82) is 0 Å². The molecule has 0 amide bonds. The molecule has 78 valence electrons. The van der Waals surface area contributed by atoms with Gasteiger partial charge in [-0.3, -0.25) is 0 Å². The van der Waals surface area contributed by atoms with E-state index in [2.05, 4.69) is 15.9 Å². The van der Waals surface area contributed by atoms with Crippen molar-refractivity contribution < 1.29 is 18.3 Å². The zero-order valence-corrected chi connectivity index (χ0v) is 8.85. The summed E-state index contributed by atoms with van der Waals surface area (Å²) in [5.41, 5.74) is 0.296. The van der Waals surface area contributed by atoms with Crippen LogP contribution in [-0.2, 0) is 0 Å². The van der Waals surface area contributed by atoms with Crippen molar-refractivity contribution in [2.45, 2.75) is 19.2 Å². The van der Waals surface area contributed by atoms with Crippen molar-refractivity contribution in [3.63, 3.8) is 0 Å². The molecule has 0 radical (unpaired) electrons. The summed E-state index contributed by atoms with van der Waals surface area (Å²) < 4.78 is 37.1. The Bertz CT molecular complexity index is 335. The number of aliphatic hydroxyl groups is 1. The van der Waals surface area contributed by atoms with Gasteiger partial charge in [-0.05, 0) is 30.2 Å². The lowest BCUT2D eigenvalue weighted by Gasteiger charge is -2.16. The lowest BCUT2D eigenvalue weighted by atomic mass is 10.0. The van der Waals surface area contributed by atoms with Crippen molar-refractivity contribution in [3.8, 4) is 0 Å². The SMILES string of the molecule is Cc1cc(Br)ccc1[C@@H](O)C(F)(F)F. The minimum atomic E-state index is -4.61. The molecular formula is C9H8BrF3O. The summed E-state index contributed by atoms with van der Waals surface area (Å²) in [7, 11) is 0. The number of benzene rings is 1. The van der Waals surface area contributed by atoms with Gasteiger partial charge in [0.2, 0.25) is 0 Å². The van der Waals surface area contributed by atoms with E-state index in [9.17, 15) is 13.2 Å². The van der Waals surface area contributed by atoms with E-state index in [4.69, 9.17) is 5.11 Å². The first-order valence-corrected chi connectivity index (χ1v) is 4.62. The molecule has 1 N–H and O–H groups in total. The summed E-state index contributed by atoms with van der Waals surface area (Å²) in [6.07, 6.45) is -7.02. The van der Waals surface area contributed by atoms with Crippen LogP contribution >= 0.6 is 15.9 Å². The Morgan fingerprint density at radius 1 is 1.36 bits per heavy atom. The molecule has 0 unspecified atom stereocenters. The molecule has 1 aromatic carbocycles. The maximum Gasteiger partial charge on any atom is 0.418 e. The van der Waals surface area contributed by atoms with Crippen molar-refractivity contribution in [3.05, 3.63) is 33.8 Å². The molecule has 0 bridgehead atoms. The Hall–Kier alpha value is -0.550. The minimum Gasteiger partial charge on any atom is -0.379 e. The predicted octanol–water partition coefficient (Wildman–Crippen LogP) is 3.35. The van der Waals surface area contributed by atoms with E-state index >= 15 is 0 Å². The summed E-state index contributed by atoms with van der Waals surface area (Å²) in [5, 5.41) is 8.99. The van der Waals surface area contributed by atoms with Crippen LogP contribution in [0.15, 0.2) is 22.7 Å². The van der Waals surface area contributed by atoms with Gasteiger partial charge in [0.1, 0.15) is 0 Å². The van der Waals surface area contributed by atoms with Crippen LogP contribution in [0.2, 0.25) is 0 Å². The second-order valence-electron chi connectivity index (χ2n) is 2.95. The smallest absolute Gasteiger partial charge is 0.379 e. The summed E-state index contributed by atoms with van der Waals surface area (Å²) in [4.78, 5) is 0. The van der Waals surface area contributed by atoms with Gasteiger partial charge in [-0.1, -0.05) is 22.0 Å². The van der Waals surface area contributed by atoms with Gasteiger partial charge in [0.15, 0.2) is 6.10 Å². The van der Waals surface area contributed by atoms with Gasteiger partial charge in [-0.25, -0.2) is 0 Å². The van der Waals surface area contributed by atoms with Gasteiger partial charge >= 0.3 is 6.18 Å². The summed E-state index contributed by atoms with van der Waals surface area (Å²) in [6.45, 7) is 1.52. The van der Waals surface area contributed by atoms with E-state index < -0.39 is 12.3 Å². The van der Waals surface area contributed by atoms with Gasteiger partial charge in [-0.2, -0.15) is 13.2 Å². The monoisotopic (exact) mass is 268 g/mol. The molecule has 1 rings (SSSR count). The highest BCUT2D eigenvalue weighted by Crippen LogP contribution is 2.34. The van der Waals surface area contributed by atoms with Crippen LogP contribution in [0, 0.1) is 6.92 Å². The molecule has 0 aliphatic heterocycles. The van der Waals surface area contributed by atoms with Crippen LogP contribution in [0.5, 0.6) is 0 Å². The van der Waals surface area contributed by atoms with Gasteiger partial charge in [0.05, 0.1) is 0 Å². The van der Waals surface area contributed by atoms with Crippen molar-refractivity contribution >= 4 is 15.9 Å². The van der Waals surface area contributed by atoms with Crippen molar-refractivity contribution in [1.82, 2.24) is 0 Å². The average Bonchev–Trinajstić information content (AvgIpc) is 2.01. The highest BCUT2D eigenvalue weighted by molar-refractivity contribution is 9.10. The third-order valence-electron chi connectivity index (χ3n) is 1.84. The molecule has 0 saturated carbocycles. The summed E-state index contributed by atoms with van der Waals surface area (Å²) in [5.74, 6) is 0. The first kappa shape index (κ1) is 11.5. The second kappa shape index (κ2) is 3.90. The standard InChI is InChI=1S/C9H8BrF3O/c1-5-4-6(10)2-3-7(5)8(14)9(11,12)13/h2-4,8,14H,1H3/t8-/m1/s1. The van der Waals surface area contributed by atoms with Gasteiger partial charge < -0.3 is 5.11 Å². The van der Waals surface area contributed by atoms with Crippen LogP contribution in [0.25, 0.3) is 0 Å². The Kier molecular flexibility index (Phi) is 3.21. The Morgan fingerprint density at radius 3 is 2.36 bits per heavy atom. The van der Waals surface area contributed by atoms with Crippen LogP contribution in [-0.4, -0.2) is 11.3 Å². The zero-order chi connectivity index (χ0) is 10.9. The van der Waals surface area contributed by atoms with Crippen LogP contribution in [0.1, 0.15) is 17.2 Å². The Balaban J connectivity index is 3.08. The summed E-state index contributed by atoms with van der Waals surface area (Å²) in [6, 6.07) is 4.26. The highest BCUT2D eigenvalue weighted by Gasteiger charge is 2.39. The molecule has 1 nitrogen and oxygen atoms in total. The average molecular weight is 269 g/mol. The number of hydrogen-bond acceptors (Lipinski definition) is 1. The van der Waals surface area contributed by atoms with Gasteiger partial charge in [-0.15, -0.1) is 0 Å². The second-order valence-corrected chi connectivity index (χ2v) is 3.86. The number of aryl methyl sites for hydroxylation is 1. The Labute approximate surface area is 87.7 Å². The molecule has 0 fully saturated rings. The fraction of sp³-hybridized carbons (Fsp3) is 0.333. The van der Waals surface area contributed by atoms with E-state index in [1.54, 1.807) is 0 Å². The topological polar surface area (TPSA) is 20.2 Å². The molecule has 1 atom stereocenters. The number of hydrogen-bond donors (Lipinski definition) is 1. The lowest BCUT2D eigenvalue weighted by molar-refractivity contribution is -0.206. The molecule has 0 spiro atoms. The highest BCUT2D eigenvalue weighted by atomic mass is 79.9. The zero-order valence-electron chi connectivity index (χ0n) is 7.27. The van der Waals surface area contributed by atoms with E-state index in [-0.39, 0.29) is 5.56 Å². The van der Waals surface area contributed by atoms with E-state index in [1.165, 1.54) is 25.1 Å². The van der Waals surface area contributed by atoms with E-state index in [0.717, 1.165) is 0 Å². The summed E-state index contributed by atoms with van der Waals surface area (Å²) >= 11 is 3.13. The molecule has 0 aliphatic carbocycles.